The molecule has 122 valence electrons. The van der Waals surface area contributed by atoms with Crippen molar-refractivity contribution in [2.24, 2.45) is 11.8 Å². The fourth-order valence-electron chi connectivity index (χ4n) is 3.04. The van der Waals surface area contributed by atoms with E-state index in [9.17, 15) is 13.6 Å². The number of alkyl halides is 2. The van der Waals surface area contributed by atoms with Crippen LogP contribution in [0, 0.1) is 11.8 Å². The minimum Gasteiger partial charge on any atom is -0.435 e. The molecule has 2 atom stereocenters. The van der Waals surface area contributed by atoms with Crippen molar-refractivity contribution in [3.05, 3.63) is 24.3 Å². The number of carbonyl (C=O) groups is 1. The summed E-state index contributed by atoms with van der Waals surface area (Å²) < 4.78 is 28.4. The molecule has 0 spiro atoms. The predicted octanol–water partition coefficient (Wildman–Crippen LogP) is 3.20. The lowest BCUT2D eigenvalue weighted by Gasteiger charge is -2.34. The lowest BCUT2D eigenvalue weighted by atomic mass is 9.92. The summed E-state index contributed by atoms with van der Waals surface area (Å²) >= 11 is 0. The number of hydrogen-bond donors (Lipinski definition) is 1. The summed E-state index contributed by atoms with van der Waals surface area (Å²) in [5, 5.41) is 2.78. The van der Waals surface area contributed by atoms with Crippen molar-refractivity contribution >= 4 is 11.6 Å². The molecular formula is C16H22F2N2O2. The van der Waals surface area contributed by atoms with Crippen molar-refractivity contribution in [2.45, 2.75) is 26.9 Å². The fraction of sp³-hybridized carbons (Fsp3) is 0.562. The van der Waals surface area contributed by atoms with E-state index in [-0.39, 0.29) is 11.7 Å². The molecule has 1 fully saturated rings. The molecule has 1 N–H and O–H groups in total. The van der Waals surface area contributed by atoms with E-state index in [4.69, 9.17) is 0 Å². The predicted molar refractivity (Wildman–Crippen MR) is 81.1 cm³/mol. The average molecular weight is 312 g/mol. The van der Waals surface area contributed by atoms with E-state index in [1.165, 1.54) is 18.6 Å². The number of benzene rings is 1. The molecule has 22 heavy (non-hydrogen) atoms. The maximum Gasteiger partial charge on any atom is 0.387 e. The molecule has 1 aromatic rings. The molecule has 0 unspecified atom stereocenters. The first-order valence-electron chi connectivity index (χ1n) is 7.49. The van der Waals surface area contributed by atoms with E-state index in [1.54, 1.807) is 12.1 Å². The Kier molecular flexibility index (Phi) is 5.71. The van der Waals surface area contributed by atoms with Crippen LogP contribution in [0.4, 0.5) is 14.5 Å². The molecule has 1 heterocycles. The Labute approximate surface area is 129 Å². The second-order valence-corrected chi connectivity index (χ2v) is 6.09. The van der Waals surface area contributed by atoms with E-state index in [0.717, 1.165) is 13.1 Å². The van der Waals surface area contributed by atoms with Gasteiger partial charge in [0.1, 0.15) is 5.75 Å². The topological polar surface area (TPSA) is 41.6 Å². The van der Waals surface area contributed by atoms with Crippen LogP contribution in [0.1, 0.15) is 20.3 Å². The molecule has 0 saturated carbocycles. The third kappa shape index (κ3) is 5.26. The Hall–Kier alpha value is -1.69. The quantitative estimate of drug-likeness (QED) is 0.908. The van der Waals surface area contributed by atoms with Gasteiger partial charge in [-0.1, -0.05) is 13.8 Å². The van der Waals surface area contributed by atoms with Crippen LogP contribution in [0.2, 0.25) is 0 Å². The normalized spacial score (nSPS) is 22.6. The van der Waals surface area contributed by atoms with Gasteiger partial charge in [0.15, 0.2) is 0 Å². The van der Waals surface area contributed by atoms with E-state index >= 15 is 0 Å². The molecule has 1 aliphatic rings. The number of halogens is 2. The van der Waals surface area contributed by atoms with Gasteiger partial charge in [0.05, 0.1) is 6.54 Å². The van der Waals surface area contributed by atoms with Gasteiger partial charge >= 0.3 is 6.61 Å². The van der Waals surface area contributed by atoms with Gasteiger partial charge in [-0.15, -0.1) is 0 Å². The third-order valence-electron chi connectivity index (χ3n) is 3.67. The average Bonchev–Trinajstić information content (AvgIpc) is 2.39. The molecule has 6 heteroatoms. The highest BCUT2D eigenvalue weighted by atomic mass is 19.3. The lowest BCUT2D eigenvalue weighted by Crippen LogP contribution is -2.42. The highest BCUT2D eigenvalue weighted by Crippen LogP contribution is 2.21. The number of rotatable bonds is 5. The summed E-state index contributed by atoms with van der Waals surface area (Å²) in [6, 6.07) is 5.92. The Morgan fingerprint density at radius 2 is 1.86 bits per heavy atom. The van der Waals surface area contributed by atoms with Crippen LogP contribution in [-0.4, -0.2) is 37.1 Å². The molecule has 1 aromatic carbocycles. The number of piperidine rings is 1. The minimum atomic E-state index is -2.84. The summed E-state index contributed by atoms with van der Waals surface area (Å²) in [6.07, 6.45) is 1.20. The van der Waals surface area contributed by atoms with Gasteiger partial charge in [0.25, 0.3) is 0 Å². The molecule has 2 rings (SSSR count). The molecule has 4 nitrogen and oxygen atoms in total. The third-order valence-corrected chi connectivity index (χ3v) is 3.67. The van der Waals surface area contributed by atoms with Crippen LogP contribution in [0.3, 0.4) is 0 Å². The van der Waals surface area contributed by atoms with Gasteiger partial charge in [0, 0.05) is 18.8 Å². The molecule has 0 bridgehead atoms. The number of nitrogens with one attached hydrogen (secondary N) is 1. The zero-order valence-corrected chi connectivity index (χ0v) is 12.9. The maximum absolute atomic E-state index is 12.1. The first-order chi connectivity index (χ1) is 10.4. The SMILES string of the molecule is C[C@H]1C[C@H](C)CN(CC(=O)Nc2ccc(OC(F)F)cc2)C1. The van der Waals surface area contributed by atoms with Gasteiger partial charge in [0.2, 0.25) is 5.91 Å². The molecule has 0 aromatic heterocycles. The van der Waals surface area contributed by atoms with Crippen LogP contribution >= 0.6 is 0 Å². The van der Waals surface area contributed by atoms with E-state index < -0.39 is 6.61 Å². The number of likely N-dealkylation sites (tertiary alicyclic amines) is 1. The second kappa shape index (κ2) is 7.54. The van der Waals surface area contributed by atoms with Crippen LogP contribution in [0.25, 0.3) is 0 Å². The number of carbonyl (C=O) groups excluding carboxylic acids is 1. The van der Waals surface area contributed by atoms with Crippen LogP contribution < -0.4 is 10.1 Å². The Balaban J connectivity index is 1.84. The first-order valence-corrected chi connectivity index (χ1v) is 7.49. The molecule has 0 aliphatic carbocycles. The number of ether oxygens (including phenoxy) is 1. The van der Waals surface area contributed by atoms with Crippen molar-refractivity contribution in [3.8, 4) is 5.75 Å². The molecular weight excluding hydrogens is 290 g/mol. The number of nitrogens with zero attached hydrogens (tertiary/aromatic N) is 1. The van der Waals surface area contributed by atoms with E-state index in [1.807, 2.05) is 0 Å². The van der Waals surface area contributed by atoms with Crippen molar-refractivity contribution < 1.29 is 18.3 Å². The summed E-state index contributed by atoms with van der Waals surface area (Å²) in [5.41, 5.74) is 0.574. The Morgan fingerprint density at radius 1 is 1.27 bits per heavy atom. The van der Waals surface area contributed by atoms with Gasteiger partial charge in [-0.25, -0.2) is 0 Å². The fourth-order valence-corrected chi connectivity index (χ4v) is 3.04. The zero-order valence-electron chi connectivity index (χ0n) is 12.9. The van der Waals surface area contributed by atoms with Crippen LogP contribution in [0.15, 0.2) is 24.3 Å². The second-order valence-electron chi connectivity index (χ2n) is 6.09. The van der Waals surface area contributed by atoms with Gasteiger partial charge in [-0.2, -0.15) is 8.78 Å². The zero-order chi connectivity index (χ0) is 16.1. The number of hydrogen-bond acceptors (Lipinski definition) is 3. The van der Waals surface area contributed by atoms with Gasteiger partial charge in [-0.05, 0) is 42.5 Å². The molecule has 1 saturated heterocycles. The van der Waals surface area contributed by atoms with Crippen molar-refractivity contribution in [3.63, 3.8) is 0 Å². The summed E-state index contributed by atoms with van der Waals surface area (Å²) in [7, 11) is 0. The van der Waals surface area contributed by atoms with Crippen molar-refractivity contribution in [1.29, 1.82) is 0 Å². The lowest BCUT2D eigenvalue weighted by molar-refractivity contribution is -0.117. The van der Waals surface area contributed by atoms with Crippen molar-refractivity contribution in [2.75, 3.05) is 25.0 Å². The standard InChI is InChI=1S/C16H22F2N2O2/c1-11-7-12(2)9-20(8-11)10-15(21)19-13-3-5-14(6-4-13)22-16(17)18/h3-6,11-12,16H,7-10H2,1-2H3,(H,19,21)/t11-,12-/m0/s1. The summed E-state index contributed by atoms with van der Waals surface area (Å²) in [6.45, 7) is 3.76. The van der Waals surface area contributed by atoms with E-state index in [0.29, 0.717) is 24.1 Å². The molecule has 1 aliphatic heterocycles. The van der Waals surface area contributed by atoms with Crippen LogP contribution in [-0.2, 0) is 4.79 Å². The monoisotopic (exact) mass is 312 g/mol. The largest absolute Gasteiger partial charge is 0.435 e. The highest BCUT2D eigenvalue weighted by molar-refractivity contribution is 5.92. The first kappa shape index (κ1) is 16.7. The molecule has 0 radical (unpaired) electrons. The van der Waals surface area contributed by atoms with Crippen LogP contribution in [0.5, 0.6) is 5.75 Å². The highest BCUT2D eigenvalue weighted by Gasteiger charge is 2.23. The minimum absolute atomic E-state index is 0.0756. The Bertz CT molecular complexity index is 483. The molecule has 1 amide bonds. The van der Waals surface area contributed by atoms with E-state index in [2.05, 4.69) is 28.8 Å². The smallest absolute Gasteiger partial charge is 0.387 e. The summed E-state index contributed by atoms with van der Waals surface area (Å²) in [4.78, 5) is 14.2. The summed E-state index contributed by atoms with van der Waals surface area (Å²) in [5.74, 6) is 1.18. The van der Waals surface area contributed by atoms with Crippen molar-refractivity contribution in [1.82, 2.24) is 4.90 Å². The Morgan fingerprint density at radius 3 is 2.41 bits per heavy atom. The maximum atomic E-state index is 12.1. The van der Waals surface area contributed by atoms with Gasteiger partial charge < -0.3 is 10.1 Å². The number of anilines is 1. The van der Waals surface area contributed by atoms with Gasteiger partial charge in [-0.3, -0.25) is 9.69 Å². The number of amides is 1.